The molecule has 114 valence electrons. The number of benzene rings is 1. The van der Waals surface area contributed by atoms with Gasteiger partial charge in [-0.15, -0.1) is 0 Å². The third kappa shape index (κ3) is 4.80. The Bertz CT molecular complexity index is 368. The number of para-hydroxylation sites is 1. The van der Waals surface area contributed by atoms with Crippen LogP contribution in [0.3, 0.4) is 0 Å². The fourth-order valence-electron chi connectivity index (χ4n) is 2.61. The van der Waals surface area contributed by atoms with Crippen LogP contribution in [-0.2, 0) is 0 Å². The Morgan fingerprint density at radius 3 is 2.50 bits per heavy atom. The molecule has 0 bridgehead atoms. The highest BCUT2D eigenvalue weighted by Crippen LogP contribution is 2.28. The van der Waals surface area contributed by atoms with E-state index in [-0.39, 0.29) is 6.61 Å². The molecule has 1 unspecified atom stereocenters. The van der Waals surface area contributed by atoms with Gasteiger partial charge in [-0.2, -0.15) is 0 Å². The molecule has 0 aliphatic rings. The van der Waals surface area contributed by atoms with Crippen LogP contribution in [0.15, 0.2) is 24.3 Å². The van der Waals surface area contributed by atoms with Crippen molar-refractivity contribution in [3.05, 3.63) is 29.8 Å². The Morgan fingerprint density at radius 2 is 1.90 bits per heavy atom. The first-order chi connectivity index (χ1) is 9.78. The summed E-state index contributed by atoms with van der Waals surface area (Å²) in [7, 11) is 0. The molecule has 0 amide bonds. The van der Waals surface area contributed by atoms with Crippen molar-refractivity contribution in [2.75, 3.05) is 31.1 Å². The van der Waals surface area contributed by atoms with E-state index in [2.05, 4.69) is 55.3 Å². The van der Waals surface area contributed by atoms with E-state index < -0.39 is 0 Å². The van der Waals surface area contributed by atoms with E-state index >= 15 is 0 Å². The first kappa shape index (κ1) is 17.0. The summed E-state index contributed by atoms with van der Waals surface area (Å²) >= 11 is 0. The maximum absolute atomic E-state index is 9.33. The minimum atomic E-state index is 0.204. The second-order valence-corrected chi connectivity index (χ2v) is 5.14. The van der Waals surface area contributed by atoms with Crippen LogP contribution in [0.2, 0.25) is 0 Å². The zero-order valence-corrected chi connectivity index (χ0v) is 13.2. The number of nitrogens with one attached hydrogen (secondary N) is 1. The number of nitrogens with zero attached hydrogens (tertiary/aromatic N) is 1. The molecule has 1 atom stereocenters. The van der Waals surface area contributed by atoms with Gasteiger partial charge in [0.05, 0.1) is 6.61 Å². The van der Waals surface area contributed by atoms with E-state index in [1.165, 1.54) is 17.7 Å². The average Bonchev–Trinajstić information content (AvgIpc) is 2.49. The molecule has 0 spiro atoms. The number of rotatable bonds is 10. The van der Waals surface area contributed by atoms with E-state index in [0.29, 0.717) is 12.6 Å². The van der Waals surface area contributed by atoms with Crippen LogP contribution in [0.1, 0.15) is 51.6 Å². The van der Waals surface area contributed by atoms with E-state index in [0.717, 1.165) is 25.9 Å². The van der Waals surface area contributed by atoms with Gasteiger partial charge in [0.15, 0.2) is 0 Å². The second-order valence-electron chi connectivity index (χ2n) is 5.14. The predicted octanol–water partition coefficient (Wildman–Crippen LogP) is 3.35. The minimum absolute atomic E-state index is 0.204. The van der Waals surface area contributed by atoms with Crippen LogP contribution in [0, 0.1) is 0 Å². The van der Waals surface area contributed by atoms with Crippen molar-refractivity contribution in [2.45, 2.75) is 46.1 Å². The van der Waals surface area contributed by atoms with Gasteiger partial charge in [0.2, 0.25) is 0 Å². The number of aliphatic hydroxyl groups is 1. The molecule has 0 fully saturated rings. The van der Waals surface area contributed by atoms with Crippen LogP contribution >= 0.6 is 0 Å². The van der Waals surface area contributed by atoms with Crippen molar-refractivity contribution < 1.29 is 5.11 Å². The molecule has 0 radical (unpaired) electrons. The van der Waals surface area contributed by atoms with Crippen molar-refractivity contribution in [1.29, 1.82) is 0 Å². The van der Waals surface area contributed by atoms with Gasteiger partial charge in [-0.25, -0.2) is 0 Å². The van der Waals surface area contributed by atoms with Crippen molar-refractivity contribution >= 4 is 5.69 Å². The Balaban J connectivity index is 3.00. The highest BCUT2D eigenvalue weighted by molar-refractivity contribution is 5.55. The van der Waals surface area contributed by atoms with Gasteiger partial charge in [0, 0.05) is 24.8 Å². The van der Waals surface area contributed by atoms with Gasteiger partial charge >= 0.3 is 0 Å². The van der Waals surface area contributed by atoms with E-state index in [1.807, 2.05) is 0 Å². The van der Waals surface area contributed by atoms with E-state index in [1.54, 1.807) is 0 Å². The summed E-state index contributed by atoms with van der Waals surface area (Å²) in [5.41, 5.74) is 2.62. The third-order valence-electron chi connectivity index (χ3n) is 3.66. The first-order valence-corrected chi connectivity index (χ1v) is 7.96. The van der Waals surface area contributed by atoms with Crippen LogP contribution in [-0.4, -0.2) is 31.3 Å². The SMILES string of the molecule is CCCCN(CCO)c1ccccc1C(CC)NCC. The summed E-state index contributed by atoms with van der Waals surface area (Å²) in [5.74, 6) is 0. The number of hydrogen-bond donors (Lipinski definition) is 2. The Labute approximate surface area is 124 Å². The monoisotopic (exact) mass is 278 g/mol. The molecule has 1 aromatic carbocycles. The molecule has 1 aromatic rings. The molecule has 20 heavy (non-hydrogen) atoms. The molecule has 3 heteroatoms. The number of hydrogen-bond acceptors (Lipinski definition) is 3. The Kier molecular flexibility index (Phi) is 8.31. The second kappa shape index (κ2) is 9.78. The number of unbranched alkanes of at least 4 members (excludes halogenated alkanes) is 1. The standard InChI is InChI=1S/C17H30N2O/c1-4-7-12-19(13-14-20)17-11-9-8-10-15(17)16(5-2)18-6-3/h8-11,16,18,20H,4-7,12-14H2,1-3H3. The summed E-state index contributed by atoms with van der Waals surface area (Å²) in [6.45, 7) is 9.46. The van der Waals surface area contributed by atoms with Gasteiger partial charge in [-0.1, -0.05) is 45.4 Å². The lowest BCUT2D eigenvalue weighted by atomic mass is 10.0. The summed E-state index contributed by atoms with van der Waals surface area (Å²) < 4.78 is 0. The molecular weight excluding hydrogens is 248 g/mol. The predicted molar refractivity (Wildman–Crippen MR) is 87.4 cm³/mol. The van der Waals surface area contributed by atoms with Crippen molar-refractivity contribution in [1.82, 2.24) is 5.32 Å². The molecule has 0 aromatic heterocycles. The summed E-state index contributed by atoms with van der Waals surface area (Å²) in [6, 6.07) is 8.98. The van der Waals surface area contributed by atoms with E-state index in [9.17, 15) is 5.11 Å². The average molecular weight is 278 g/mol. The normalized spacial score (nSPS) is 12.4. The molecule has 2 N–H and O–H groups in total. The van der Waals surface area contributed by atoms with Gasteiger partial charge < -0.3 is 15.3 Å². The molecule has 0 aliphatic carbocycles. The van der Waals surface area contributed by atoms with Gasteiger partial charge in [0.25, 0.3) is 0 Å². The molecule has 0 saturated carbocycles. The molecule has 0 saturated heterocycles. The molecule has 3 nitrogen and oxygen atoms in total. The smallest absolute Gasteiger partial charge is 0.0606 e. The van der Waals surface area contributed by atoms with E-state index in [4.69, 9.17) is 0 Å². The highest BCUT2D eigenvalue weighted by atomic mass is 16.3. The van der Waals surface area contributed by atoms with Gasteiger partial charge in [-0.3, -0.25) is 0 Å². The lowest BCUT2D eigenvalue weighted by Crippen LogP contribution is -2.30. The van der Waals surface area contributed by atoms with Crippen LogP contribution < -0.4 is 10.2 Å². The lowest BCUT2D eigenvalue weighted by molar-refractivity contribution is 0.301. The topological polar surface area (TPSA) is 35.5 Å². The van der Waals surface area contributed by atoms with Gasteiger partial charge in [0.1, 0.15) is 0 Å². The molecule has 1 rings (SSSR count). The largest absolute Gasteiger partial charge is 0.395 e. The molecule has 0 aliphatic heterocycles. The molecular formula is C17H30N2O. The summed E-state index contributed by atoms with van der Waals surface area (Å²) in [6.07, 6.45) is 3.41. The number of aliphatic hydroxyl groups excluding tert-OH is 1. The Morgan fingerprint density at radius 1 is 1.15 bits per heavy atom. The fourth-order valence-corrected chi connectivity index (χ4v) is 2.61. The van der Waals surface area contributed by atoms with Crippen LogP contribution in [0.4, 0.5) is 5.69 Å². The zero-order chi connectivity index (χ0) is 14.8. The maximum atomic E-state index is 9.33. The van der Waals surface area contributed by atoms with Crippen molar-refractivity contribution in [3.63, 3.8) is 0 Å². The first-order valence-electron chi connectivity index (χ1n) is 7.96. The quantitative estimate of drug-likeness (QED) is 0.689. The number of anilines is 1. The lowest BCUT2D eigenvalue weighted by Gasteiger charge is -2.29. The zero-order valence-electron chi connectivity index (χ0n) is 13.2. The van der Waals surface area contributed by atoms with Crippen LogP contribution in [0.5, 0.6) is 0 Å². The fraction of sp³-hybridized carbons (Fsp3) is 0.647. The maximum Gasteiger partial charge on any atom is 0.0606 e. The molecule has 0 heterocycles. The van der Waals surface area contributed by atoms with Crippen molar-refractivity contribution in [2.24, 2.45) is 0 Å². The summed E-state index contributed by atoms with van der Waals surface area (Å²) in [4.78, 5) is 2.32. The third-order valence-corrected chi connectivity index (χ3v) is 3.66. The van der Waals surface area contributed by atoms with Crippen LogP contribution in [0.25, 0.3) is 0 Å². The minimum Gasteiger partial charge on any atom is -0.395 e. The Hall–Kier alpha value is -1.06. The van der Waals surface area contributed by atoms with Crippen molar-refractivity contribution in [3.8, 4) is 0 Å². The van der Waals surface area contributed by atoms with Gasteiger partial charge in [-0.05, 0) is 31.0 Å². The highest BCUT2D eigenvalue weighted by Gasteiger charge is 2.16. The summed E-state index contributed by atoms with van der Waals surface area (Å²) in [5, 5.41) is 12.9.